The lowest BCUT2D eigenvalue weighted by atomic mass is 9.81. The Bertz CT molecular complexity index is 196. The summed E-state index contributed by atoms with van der Waals surface area (Å²) in [5, 5.41) is 0. The van der Waals surface area contributed by atoms with E-state index >= 15 is 0 Å². The van der Waals surface area contributed by atoms with Crippen molar-refractivity contribution in [2.24, 2.45) is 5.92 Å². The van der Waals surface area contributed by atoms with E-state index in [1.54, 1.807) is 0 Å². The number of rotatable bonds is 4. The Kier molecular flexibility index (Phi) is 3.88. The fraction of sp³-hybridized carbons (Fsp3) is 1.00. The van der Waals surface area contributed by atoms with Crippen molar-refractivity contribution in [3.05, 3.63) is 0 Å². The molecule has 1 aliphatic heterocycles. The number of hydrogen-bond donors (Lipinski definition) is 0. The molecule has 1 rings (SSSR count). The minimum absolute atomic E-state index is 0.00579. The lowest BCUT2D eigenvalue weighted by Crippen LogP contribution is -2.41. The van der Waals surface area contributed by atoms with Crippen LogP contribution in [0.2, 0.25) is 6.32 Å². The summed E-state index contributed by atoms with van der Waals surface area (Å²) in [5.74, 6) is 0.771. The van der Waals surface area contributed by atoms with Crippen molar-refractivity contribution in [2.45, 2.75) is 71.9 Å². The summed E-state index contributed by atoms with van der Waals surface area (Å²) < 4.78 is 11.8. The third-order valence-corrected chi connectivity index (χ3v) is 3.52. The normalized spacial score (nSPS) is 23.8. The van der Waals surface area contributed by atoms with Crippen LogP contribution in [0.5, 0.6) is 0 Å². The molecule has 0 radical (unpaired) electrons. The summed E-state index contributed by atoms with van der Waals surface area (Å²) >= 11 is 0. The SMILES string of the molecule is CC(C)CCCB1OC(C)(C)C(C)(C)O1. The van der Waals surface area contributed by atoms with Gasteiger partial charge in [0.05, 0.1) is 11.2 Å². The maximum absolute atomic E-state index is 5.92. The molecule has 1 saturated heterocycles. The average Bonchev–Trinajstić information content (AvgIpc) is 2.19. The molecule has 0 saturated carbocycles. The van der Waals surface area contributed by atoms with Crippen LogP contribution in [0.3, 0.4) is 0 Å². The van der Waals surface area contributed by atoms with Crippen molar-refractivity contribution in [3.63, 3.8) is 0 Å². The second-order valence-electron chi connectivity index (χ2n) is 6.01. The molecule has 0 aromatic rings. The largest absolute Gasteiger partial charge is 0.457 e. The predicted molar refractivity (Wildman–Crippen MR) is 65.0 cm³/mol. The van der Waals surface area contributed by atoms with Crippen molar-refractivity contribution in [2.75, 3.05) is 0 Å². The van der Waals surface area contributed by atoms with Crippen molar-refractivity contribution in [1.82, 2.24) is 0 Å². The molecule has 1 fully saturated rings. The van der Waals surface area contributed by atoms with Crippen LogP contribution in [0.1, 0.15) is 54.4 Å². The van der Waals surface area contributed by atoms with Gasteiger partial charge in [0.15, 0.2) is 0 Å². The predicted octanol–water partition coefficient (Wildman–Crippen LogP) is 3.51. The summed E-state index contributed by atoms with van der Waals surface area (Å²) in [7, 11) is -0.00579. The Morgan fingerprint density at radius 3 is 1.87 bits per heavy atom. The standard InChI is InChI=1S/C12H25BO2/c1-10(2)8-7-9-13-14-11(3,4)12(5,6)15-13/h10H,7-9H2,1-6H3. The van der Waals surface area contributed by atoms with Crippen LogP contribution in [0.25, 0.3) is 0 Å². The van der Waals surface area contributed by atoms with Gasteiger partial charge in [-0.15, -0.1) is 0 Å². The highest BCUT2D eigenvalue weighted by Gasteiger charge is 2.50. The molecule has 0 N–H and O–H groups in total. The minimum atomic E-state index is -0.171. The Labute approximate surface area is 94.9 Å². The lowest BCUT2D eigenvalue weighted by molar-refractivity contribution is 0.00578. The van der Waals surface area contributed by atoms with E-state index in [1.165, 1.54) is 12.8 Å². The van der Waals surface area contributed by atoms with Crippen LogP contribution in [-0.4, -0.2) is 18.3 Å². The third-order valence-electron chi connectivity index (χ3n) is 3.52. The molecule has 0 aromatic carbocycles. The zero-order chi connectivity index (χ0) is 11.7. The summed E-state index contributed by atoms with van der Waals surface area (Å²) in [6, 6.07) is 0. The zero-order valence-electron chi connectivity index (χ0n) is 11.1. The molecule has 3 heteroatoms. The van der Waals surface area contributed by atoms with Crippen LogP contribution < -0.4 is 0 Å². The van der Waals surface area contributed by atoms with Crippen LogP contribution in [0.4, 0.5) is 0 Å². The van der Waals surface area contributed by atoms with Crippen LogP contribution in [-0.2, 0) is 9.31 Å². The van der Waals surface area contributed by atoms with Crippen LogP contribution in [0, 0.1) is 5.92 Å². The van der Waals surface area contributed by atoms with E-state index in [1.807, 2.05) is 0 Å². The average molecular weight is 212 g/mol. The monoisotopic (exact) mass is 212 g/mol. The summed E-state index contributed by atoms with van der Waals surface area (Å²) in [5.41, 5.74) is -0.342. The molecule has 0 atom stereocenters. The lowest BCUT2D eigenvalue weighted by Gasteiger charge is -2.32. The molecular formula is C12H25BO2. The second kappa shape index (κ2) is 4.46. The van der Waals surface area contributed by atoms with Gasteiger partial charge in [-0.25, -0.2) is 0 Å². The molecule has 0 unspecified atom stereocenters. The van der Waals surface area contributed by atoms with E-state index in [0.717, 1.165) is 12.2 Å². The second-order valence-corrected chi connectivity index (χ2v) is 6.01. The van der Waals surface area contributed by atoms with Gasteiger partial charge in [0.1, 0.15) is 0 Å². The molecule has 0 aliphatic carbocycles. The summed E-state index contributed by atoms with van der Waals surface area (Å²) in [6.07, 6.45) is 3.46. The minimum Gasteiger partial charge on any atom is -0.403 e. The van der Waals surface area contributed by atoms with Gasteiger partial charge in [0.2, 0.25) is 0 Å². The molecule has 0 spiro atoms. The van der Waals surface area contributed by atoms with E-state index in [2.05, 4.69) is 41.5 Å². The molecule has 88 valence electrons. The first kappa shape index (κ1) is 13.1. The fourth-order valence-corrected chi connectivity index (χ4v) is 1.78. The van der Waals surface area contributed by atoms with Gasteiger partial charge < -0.3 is 9.31 Å². The third kappa shape index (κ3) is 3.22. The number of hydrogen-bond acceptors (Lipinski definition) is 2. The molecule has 0 aromatic heterocycles. The van der Waals surface area contributed by atoms with Gasteiger partial charge in [-0.05, 0) is 39.9 Å². The van der Waals surface area contributed by atoms with E-state index in [-0.39, 0.29) is 18.3 Å². The van der Waals surface area contributed by atoms with E-state index in [9.17, 15) is 0 Å². The van der Waals surface area contributed by atoms with Gasteiger partial charge in [-0.1, -0.05) is 26.7 Å². The van der Waals surface area contributed by atoms with E-state index in [4.69, 9.17) is 9.31 Å². The highest BCUT2D eigenvalue weighted by molar-refractivity contribution is 6.45. The van der Waals surface area contributed by atoms with Gasteiger partial charge in [-0.3, -0.25) is 0 Å². The van der Waals surface area contributed by atoms with Gasteiger partial charge in [0.25, 0.3) is 0 Å². The van der Waals surface area contributed by atoms with E-state index < -0.39 is 0 Å². The Hall–Kier alpha value is -0.0151. The van der Waals surface area contributed by atoms with Crippen molar-refractivity contribution in [3.8, 4) is 0 Å². The smallest absolute Gasteiger partial charge is 0.403 e. The topological polar surface area (TPSA) is 18.5 Å². The molecular weight excluding hydrogens is 187 g/mol. The molecule has 0 amide bonds. The molecule has 1 heterocycles. The summed E-state index contributed by atoms with van der Waals surface area (Å²) in [6.45, 7) is 12.9. The first-order chi connectivity index (χ1) is 6.74. The molecule has 2 nitrogen and oxygen atoms in total. The Balaban J connectivity index is 2.36. The highest BCUT2D eigenvalue weighted by Crippen LogP contribution is 2.38. The van der Waals surface area contributed by atoms with Gasteiger partial charge in [-0.2, -0.15) is 0 Å². The summed E-state index contributed by atoms with van der Waals surface area (Å²) in [4.78, 5) is 0. The fourth-order valence-electron chi connectivity index (χ4n) is 1.78. The molecule has 0 bridgehead atoms. The highest BCUT2D eigenvalue weighted by atomic mass is 16.7. The first-order valence-corrected chi connectivity index (χ1v) is 6.10. The maximum Gasteiger partial charge on any atom is 0.457 e. The van der Waals surface area contributed by atoms with E-state index in [0.29, 0.717) is 0 Å². The zero-order valence-corrected chi connectivity index (χ0v) is 11.1. The van der Waals surface area contributed by atoms with Gasteiger partial charge >= 0.3 is 7.12 Å². The first-order valence-electron chi connectivity index (χ1n) is 6.10. The van der Waals surface area contributed by atoms with Crippen molar-refractivity contribution >= 4 is 7.12 Å². The molecule has 1 aliphatic rings. The van der Waals surface area contributed by atoms with Crippen molar-refractivity contribution < 1.29 is 9.31 Å². The molecule has 15 heavy (non-hydrogen) atoms. The van der Waals surface area contributed by atoms with Crippen LogP contribution >= 0.6 is 0 Å². The maximum atomic E-state index is 5.92. The van der Waals surface area contributed by atoms with Crippen molar-refractivity contribution in [1.29, 1.82) is 0 Å². The van der Waals surface area contributed by atoms with Gasteiger partial charge in [0, 0.05) is 0 Å². The Morgan fingerprint density at radius 1 is 1.00 bits per heavy atom. The Morgan fingerprint density at radius 2 is 1.47 bits per heavy atom. The van der Waals surface area contributed by atoms with Crippen LogP contribution in [0.15, 0.2) is 0 Å². The quantitative estimate of drug-likeness (QED) is 0.664.